The number of ether oxygens (including phenoxy) is 1. The van der Waals surface area contributed by atoms with E-state index in [0.29, 0.717) is 6.42 Å². The molecule has 0 saturated carbocycles. The minimum Gasteiger partial charge on any atom is -0.480 e. The van der Waals surface area contributed by atoms with Crippen LogP contribution in [0.15, 0.2) is 5.10 Å². The molecule has 0 fully saturated rings. The summed E-state index contributed by atoms with van der Waals surface area (Å²) in [6, 6.07) is 0. The number of amides is 2. The minimum absolute atomic E-state index is 0.111. The molecule has 0 aromatic rings. The van der Waals surface area contributed by atoms with Crippen molar-refractivity contribution in [3.8, 4) is 0 Å². The second kappa shape index (κ2) is 6.70. The fraction of sp³-hybridized carbons (Fsp3) is 0.600. The highest BCUT2D eigenvalue weighted by atomic mass is 16.5. The first kappa shape index (κ1) is 14.1. The van der Waals surface area contributed by atoms with E-state index in [1.807, 2.05) is 0 Å². The number of aliphatic carboxylic acids is 1. The molecule has 1 aliphatic rings. The molecule has 1 rings (SSSR count). The van der Waals surface area contributed by atoms with Gasteiger partial charge in [-0.1, -0.05) is 0 Å². The van der Waals surface area contributed by atoms with Gasteiger partial charge in [0.1, 0.15) is 12.3 Å². The molecule has 0 aromatic carbocycles. The van der Waals surface area contributed by atoms with Gasteiger partial charge < -0.3 is 15.2 Å². The number of carboxylic acids is 1. The van der Waals surface area contributed by atoms with Crippen LogP contribution in [-0.4, -0.2) is 60.4 Å². The molecule has 0 saturated heterocycles. The predicted molar refractivity (Wildman–Crippen MR) is 60.9 cm³/mol. The van der Waals surface area contributed by atoms with E-state index >= 15 is 0 Å². The van der Waals surface area contributed by atoms with Crippen molar-refractivity contribution in [2.75, 3.05) is 26.8 Å². The highest BCUT2D eigenvalue weighted by Crippen LogP contribution is 2.06. The molecule has 0 bridgehead atoms. The van der Waals surface area contributed by atoms with Crippen molar-refractivity contribution in [3.05, 3.63) is 0 Å². The summed E-state index contributed by atoms with van der Waals surface area (Å²) in [4.78, 5) is 32.9. The summed E-state index contributed by atoms with van der Waals surface area (Å²) < 4.78 is 4.75. The van der Waals surface area contributed by atoms with E-state index in [4.69, 9.17) is 9.84 Å². The Morgan fingerprint density at radius 3 is 2.83 bits per heavy atom. The smallest absolute Gasteiger partial charge is 0.329 e. The third-order valence-corrected chi connectivity index (χ3v) is 2.23. The highest BCUT2D eigenvalue weighted by molar-refractivity contribution is 6.39. The lowest BCUT2D eigenvalue weighted by molar-refractivity contribution is -0.142. The summed E-state index contributed by atoms with van der Waals surface area (Å²) in [6.45, 7) is -0.0864. The molecular formula is C10H15N3O5. The van der Waals surface area contributed by atoms with E-state index in [1.54, 1.807) is 0 Å². The van der Waals surface area contributed by atoms with Gasteiger partial charge in [0, 0.05) is 26.4 Å². The van der Waals surface area contributed by atoms with Crippen molar-refractivity contribution in [1.29, 1.82) is 0 Å². The predicted octanol–water partition coefficient (Wildman–Crippen LogP) is -1.19. The van der Waals surface area contributed by atoms with Crippen molar-refractivity contribution < 1.29 is 24.2 Å². The van der Waals surface area contributed by atoms with Crippen molar-refractivity contribution in [2.24, 2.45) is 5.10 Å². The summed E-state index contributed by atoms with van der Waals surface area (Å²) in [6.07, 6.45) is 0.573. The van der Waals surface area contributed by atoms with Crippen LogP contribution in [0, 0.1) is 0 Å². The Morgan fingerprint density at radius 1 is 1.50 bits per heavy atom. The Hall–Kier alpha value is -1.96. The zero-order valence-corrected chi connectivity index (χ0v) is 10.0. The zero-order chi connectivity index (χ0) is 13.5. The monoisotopic (exact) mass is 257 g/mol. The van der Waals surface area contributed by atoms with Gasteiger partial charge in [-0.2, -0.15) is 5.10 Å². The van der Waals surface area contributed by atoms with Crippen LogP contribution >= 0.6 is 0 Å². The number of hydrogen-bond acceptors (Lipinski definition) is 5. The molecular weight excluding hydrogens is 242 g/mol. The Morgan fingerprint density at radius 2 is 2.22 bits per heavy atom. The van der Waals surface area contributed by atoms with Gasteiger partial charge in [0.15, 0.2) is 0 Å². The molecule has 0 spiro atoms. The van der Waals surface area contributed by atoms with E-state index < -0.39 is 12.6 Å². The van der Waals surface area contributed by atoms with E-state index in [2.05, 4.69) is 10.4 Å². The maximum atomic E-state index is 11.6. The lowest BCUT2D eigenvalue weighted by atomic mass is 10.1. The second-order valence-corrected chi connectivity index (χ2v) is 3.67. The first-order chi connectivity index (χ1) is 8.50. The number of hydrazone groups is 1. The van der Waals surface area contributed by atoms with Gasteiger partial charge in [-0.15, -0.1) is 0 Å². The quantitative estimate of drug-likeness (QED) is 0.582. The lowest BCUT2D eigenvalue weighted by Gasteiger charge is -2.18. The molecule has 8 nitrogen and oxygen atoms in total. The molecule has 1 heterocycles. The molecule has 0 atom stereocenters. The van der Waals surface area contributed by atoms with Gasteiger partial charge in [0.2, 0.25) is 5.91 Å². The first-order valence-electron chi connectivity index (χ1n) is 5.42. The number of rotatable bonds is 6. The molecule has 8 heteroatoms. The molecule has 0 unspecified atom stereocenters. The molecule has 0 radical (unpaired) electrons. The molecule has 2 N–H and O–H groups in total. The van der Waals surface area contributed by atoms with Crippen LogP contribution in [0.25, 0.3) is 0 Å². The minimum atomic E-state index is -1.06. The summed E-state index contributed by atoms with van der Waals surface area (Å²) in [5.41, 5.74) is 0.287. The summed E-state index contributed by atoms with van der Waals surface area (Å²) in [5, 5.41) is 15.8. The number of hydrogen-bond donors (Lipinski definition) is 2. The molecule has 1 aliphatic heterocycles. The van der Waals surface area contributed by atoms with E-state index in [0.717, 1.165) is 5.01 Å². The number of carbonyl (C=O) groups is 3. The van der Waals surface area contributed by atoms with Crippen LogP contribution in [0.2, 0.25) is 0 Å². The van der Waals surface area contributed by atoms with Gasteiger partial charge in [-0.3, -0.25) is 9.59 Å². The maximum Gasteiger partial charge on any atom is 0.329 e. The fourth-order valence-electron chi connectivity index (χ4n) is 1.33. The van der Waals surface area contributed by atoms with Crippen LogP contribution in [0.5, 0.6) is 0 Å². The molecule has 100 valence electrons. The Kier molecular flexibility index (Phi) is 5.25. The second-order valence-electron chi connectivity index (χ2n) is 3.67. The number of carboxylic acid groups (broad SMARTS) is 1. The van der Waals surface area contributed by atoms with Crippen molar-refractivity contribution in [1.82, 2.24) is 10.3 Å². The average molecular weight is 257 g/mol. The van der Waals surface area contributed by atoms with E-state index in [9.17, 15) is 14.4 Å². The van der Waals surface area contributed by atoms with Gasteiger partial charge in [-0.05, 0) is 0 Å². The van der Waals surface area contributed by atoms with Crippen molar-refractivity contribution in [2.45, 2.75) is 12.8 Å². The third kappa shape index (κ3) is 4.50. The van der Waals surface area contributed by atoms with Gasteiger partial charge in [-0.25, -0.2) is 9.80 Å². The summed E-state index contributed by atoms with van der Waals surface area (Å²) >= 11 is 0. The number of carbonyl (C=O) groups excluding carboxylic acids is 2. The van der Waals surface area contributed by atoms with Gasteiger partial charge in [0.05, 0.1) is 6.61 Å². The van der Waals surface area contributed by atoms with Crippen molar-refractivity contribution >= 4 is 23.5 Å². The van der Waals surface area contributed by atoms with Crippen molar-refractivity contribution in [3.63, 3.8) is 0 Å². The molecule has 0 aromatic heterocycles. The number of nitrogens with one attached hydrogen (secondary N) is 1. The molecule has 0 aliphatic carbocycles. The Bertz CT molecular complexity index is 380. The topological polar surface area (TPSA) is 108 Å². The van der Waals surface area contributed by atoms with Crippen LogP contribution in [-0.2, 0) is 19.1 Å². The SMILES string of the molecule is CN1N=C(C(=O)NCCOCC(=O)O)CCC1=O. The van der Waals surface area contributed by atoms with Crippen LogP contribution in [0.4, 0.5) is 0 Å². The van der Waals surface area contributed by atoms with E-state index in [1.165, 1.54) is 7.05 Å². The summed E-state index contributed by atoms with van der Waals surface area (Å²) in [7, 11) is 1.49. The van der Waals surface area contributed by atoms with Crippen LogP contribution < -0.4 is 5.32 Å². The lowest BCUT2D eigenvalue weighted by Crippen LogP contribution is -2.38. The van der Waals surface area contributed by atoms with E-state index in [-0.39, 0.29) is 37.1 Å². The molecule has 2 amide bonds. The maximum absolute atomic E-state index is 11.6. The first-order valence-corrected chi connectivity index (χ1v) is 5.42. The van der Waals surface area contributed by atoms with Crippen LogP contribution in [0.1, 0.15) is 12.8 Å². The normalized spacial score (nSPS) is 15.3. The zero-order valence-electron chi connectivity index (χ0n) is 10.0. The number of nitrogens with zero attached hydrogens (tertiary/aromatic N) is 2. The Labute approximate surface area is 104 Å². The van der Waals surface area contributed by atoms with Gasteiger partial charge in [0.25, 0.3) is 5.91 Å². The standard InChI is InChI=1S/C10H15N3O5/c1-13-8(14)3-2-7(12-13)10(17)11-4-5-18-6-9(15)16/h2-6H2,1H3,(H,11,17)(H,15,16). The summed E-state index contributed by atoms with van der Waals surface area (Å²) in [5.74, 6) is -1.55. The largest absolute Gasteiger partial charge is 0.480 e. The fourth-order valence-corrected chi connectivity index (χ4v) is 1.33. The average Bonchev–Trinajstić information content (AvgIpc) is 2.31. The highest BCUT2D eigenvalue weighted by Gasteiger charge is 2.21. The molecule has 18 heavy (non-hydrogen) atoms. The van der Waals surface area contributed by atoms with Gasteiger partial charge >= 0.3 is 5.97 Å². The Balaban J connectivity index is 2.27. The van der Waals surface area contributed by atoms with Crippen LogP contribution in [0.3, 0.4) is 0 Å². The third-order valence-electron chi connectivity index (χ3n) is 2.23.